The number of aromatic nitrogens is 1. The van der Waals surface area contributed by atoms with E-state index < -0.39 is 0 Å². The zero-order valence-corrected chi connectivity index (χ0v) is 14.2. The van der Waals surface area contributed by atoms with Crippen LogP contribution >= 0.6 is 0 Å². The van der Waals surface area contributed by atoms with Crippen molar-refractivity contribution in [2.75, 3.05) is 0 Å². The molecule has 0 radical (unpaired) electrons. The van der Waals surface area contributed by atoms with Crippen LogP contribution in [-0.2, 0) is 7.05 Å². The van der Waals surface area contributed by atoms with Crippen LogP contribution in [-0.4, -0.2) is 4.57 Å². The molecule has 0 atom stereocenters. The van der Waals surface area contributed by atoms with Crippen molar-refractivity contribution in [1.82, 2.24) is 4.57 Å². The van der Waals surface area contributed by atoms with E-state index in [1.54, 1.807) is 16.5 Å². The highest BCUT2D eigenvalue weighted by molar-refractivity contribution is 6.11. The number of hydrogen-bond acceptors (Lipinski definition) is 0. The second kappa shape index (κ2) is 4.87. The number of aryl methyl sites for hydroxylation is 2. The standard InChI is InChI=1S/C22H25N/c1-14-18(15-7-5-8-15)13-19(16-9-6-10-16)21-17-11-3-4-12-20(17)23(2)22(14)21/h3-4,11-13,15-16H,5-10H2,1-2H3. The van der Waals surface area contributed by atoms with Gasteiger partial charge < -0.3 is 4.57 Å². The molecular weight excluding hydrogens is 278 g/mol. The van der Waals surface area contributed by atoms with Gasteiger partial charge in [-0.2, -0.15) is 0 Å². The summed E-state index contributed by atoms with van der Waals surface area (Å²) >= 11 is 0. The van der Waals surface area contributed by atoms with E-state index in [2.05, 4.69) is 48.9 Å². The summed E-state index contributed by atoms with van der Waals surface area (Å²) in [5.41, 5.74) is 7.72. The fourth-order valence-corrected chi connectivity index (χ4v) is 4.79. The highest BCUT2D eigenvalue weighted by atomic mass is 14.9. The number of hydrogen-bond donors (Lipinski definition) is 0. The second-order valence-corrected chi connectivity index (χ2v) is 7.74. The lowest BCUT2D eigenvalue weighted by Gasteiger charge is -2.32. The molecule has 1 heteroatoms. The third-order valence-electron chi connectivity index (χ3n) is 6.58. The maximum Gasteiger partial charge on any atom is 0.0524 e. The lowest BCUT2D eigenvalue weighted by Crippen LogP contribution is -2.14. The van der Waals surface area contributed by atoms with E-state index in [1.807, 2.05) is 0 Å². The molecule has 0 bridgehead atoms. The van der Waals surface area contributed by atoms with Crippen LogP contribution < -0.4 is 0 Å². The zero-order chi connectivity index (χ0) is 15.6. The van der Waals surface area contributed by atoms with Crippen molar-refractivity contribution in [2.24, 2.45) is 7.05 Å². The molecule has 3 aromatic rings. The van der Waals surface area contributed by atoms with Gasteiger partial charge in [-0.3, -0.25) is 0 Å². The summed E-state index contributed by atoms with van der Waals surface area (Å²) in [6, 6.07) is 11.6. The van der Waals surface area contributed by atoms with Crippen molar-refractivity contribution in [2.45, 2.75) is 57.3 Å². The minimum atomic E-state index is 0.794. The predicted molar refractivity (Wildman–Crippen MR) is 98.3 cm³/mol. The van der Waals surface area contributed by atoms with Gasteiger partial charge in [0.2, 0.25) is 0 Å². The van der Waals surface area contributed by atoms with Gasteiger partial charge in [0.1, 0.15) is 0 Å². The summed E-state index contributed by atoms with van der Waals surface area (Å²) in [4.78, 5) is 0. The third kappa shape index (κ3) is 1.80. The van der Waals surface area contributed by atoms with Gasteiger partial charge in [-0.05, 0) is 67.2 Å². The first-order valence-corrected chi connectivity index (χ1v) is 9.26. The average molecular weight is 303 g/mol. The fraction of sp³-hybridized carbons (Fsp3) is 0.455. The average Bonchev–Trinajstić information content (AvgIpc) is 2.75. The quantitative estimate of drug-likeness (QED) is 0.533. The van der Waals surface area contributed by atoms with Crippen LogP contribution in [0.25, 0.3) is 21.8 Å². The number of rotatable bonds is 2. The first-order chi connectivity index (χ1) is 11.3. The van der Waals surface area contributed by atoms with Gasteiger partial charge in [0, 0.05) is 23.3 Å². The first kappa shape index (κ1) is 13.7. The predicted octanol–water partition coefficient (Wildman–Crippen LogP) is 6.17. The van der Waals surface area contributed by atoms with Gasteiger partial charge in [0.05, 0.1) is 5.52 Å². The fourth-order valence-electron chi connectivity index (χ4n) is 4.79. The van der Waals surface area contributed by atoms with Crippen LogP contribution in [0.4, 0.5) is 0 Å². The molecule has 2 fully saturated rings. The Hall–Kier alpha value is -1.76. The monoisotopic (exact) mass is 303 g/mol. The Morgan fingerprint density at radius 2 is 1.57 bits per heavy atom. The largest absolute Gasteiger partial charge is 0.343 e. The minimum absolute atomic E-state index is 0.794. The Kier molecular flexibility index (Phi) is 2.89. The topological polar surface area (TPSA) is 4.93 Å². The van der Waals surface area contributed by atoms with Gasteiger partial charge in [0.15, 0.2) is 0 Å². The van der Waals surface area contributed by atoms with Gasteiger partial charge >= 0.3 is 0 Å². The van der Waals surface area contributed by atoms with E-state index in [-0.39, 0.29) is 0 Å². The Morgan fingerprint density at radius 1 is 0.913 bits per heavy atom. The number of benzene rings is 2. The SMILES string of the molecule is Cc1c(C2CCC2)cc(C2CCC2)c2c3ccccc3n(C)c12. The highest BCUT2D eigenvalue weighted by Gasteiger charge is 2.29. The Balaban J connectivity index is 1.91. The van der Waals surface area contributed by atoms with Gasteiger partial charge in [-0.1, -0.05) is 37.1 Å². The molecule has 2 aliphatic carbocycles. The van der Waals surface area contributed by atoms with Crippen LogP contribution in [0.3, 0.4) is 0 Å². The summed E-state index contributed by atoms with van der Waals surface area (Å²) in [5.74, 6) is 1.61. The molecule has 0 amide bonds. The second-order valence-electron chi connectivity index (χ2n) is 7.74. The van der Waals surface area contributed by atoms with Crippen molar-refractivity contribution in [3.63, 3.8) is 0 Å². The van der Waals surface area contributed by atoms with Crippen molar-refractivity contribution >= 4 is 21.8 Å². The van der Waals surface area contributed by atoms with Crippen molar-refractivity contribution in [1.29, 1.82) is 0 Å². The van der Waals surface area contributed by atoms with Crippen molar-refractivity contribution in [3.05, 3.63) is 47.0 Å². The molecule has 1 nitrogen and oxygen atoms in total. The Labute approximate surface area is 138 Å². The summed E-state index contributed by atoms with van der Waals surface area (Å²) in [6.45, 7) is 2.36. The minimum Gasteiger partial charge on any atom is -0.343 e. The van der Waals surface area contributed by atoms with Gasteiger partial charge in [-0.15, -0.1) is 0 Å². The maximum atomic E-state index is 2.61. The van der Waals surface area contributed by atoms with Crippen LogP contribution in [0.2, 0.25) is 0 Å². The van der Waals surface area contributed by atoms with Crippen molar-refractivity contribution < 1.29 is 0 Å². The van der Waals surface area contributed by atoms with Crippen LogP contribution in [0.5, 0.6) is 0 Å². The lowest BCUT2D eigenvalue weighted by atomic mass is 9.73. The molecule has 0 aliphatic heterocycles. The van der Waals surface area contributed by atoms with Crippen molar-refractivity contribution in [3.8, 4) is 0 Å². The first-order valence-electron chi connectivity index (χ1n) is 9.26. The number of fused-ring (bicyclic) bond motifs is 3. The smallest absolute Gasteiger partial charge is 0.0524 e. The summed E-state index contributed by atoms with van der Waals surface area (Å²) in [6.07, 6.45) is 8.36. The highest BCUT2D eigenvalue weighted by Crippen LogP contribution is 2.47. The third-order valence-corrected chi connectivity index (χ3v) is 6.58. The summed E-state index contributed by atoms with van der Waals surface area (Å²) < 4.78 is 2.45. The molecular formula is C22H25N. The van der Waals surface area contributed by atoms with Crippen LogP contribution in [0.1, 0.15) is 67.1 Å². The molecule has 118 valence electrons. The molecule has 0 spiro atoms. The van der Waals surface area contributed by atoms with Gasteiger partial charge in [-0.25, -0.2) is 0 Å². The molecule has 0 saturated heterocycles. The van der Waals surface area contributed by atoms with E-state index in [1.165, 1.54) is 60.5 Å². The summed E-state index contributed by atoms with van der Waals surface area (Å²) in [5, 5.41) is 3.00. The van der Waals surface area contributed by atoms with E-state index in [0.29, 0.717) is 0 Å². The van der Waals surface area contributed by atoms with E-state index in [9.17, 15) is 0 Å². The molecule has 0 N–H and O–H groups in total. The molecule has 1 heterocycles. The lowest BCUT2D eigenvalue weighted by molar-refractivity contribution is 0.410. The van der Waals surface area contributed by atoms with E-state index in [0.717, 1.165) is 11.8 Å². The van der Waals surface area contributed by atoms with Gasteiger partial charge in [0.25, 0.3) is 0 Å². The number of para-hydroxylation sites is 1. The van der Waals surface area contributed by atoms with Crippen LogP contribution in [0.15, 0.2) is 30.3 Å². The Morgan fingerprint density at radius 3 is 2.22 bits per heavy atom. The normalized spacial score (nSPS) is 19.2. The molecule has 2 saturated carbocycles. The summed E-state index contributed by atoms with van der Waals surface area (Å²) in [7, 11) is 2.26. The molecule has 23 heavy (non-hydrogen) atoms. The zero-order valence-electron chi connectivity index (χ0n) is 14.2. The molecule has 5 rings (SSSR count). The molecule has 2 aliphatic rings. The molecule has 2 aromatic carbocycles. The van der Waals surface area contributed by atoms with E-state index in [4.69, 9.17) is 0 Å². The van der Waals surface area contributed by atoms with Crippen LogP contribution in [0, 0.1) is 6.92 Å². The molecule has 1 aromatic heterocycles. The maximum absolute atomic E-state index is 2.61. The Bertz CT molecular complexity index is 907. The molecule has 0 unspecified atom stereocenters. The van der Waals surface area contributed by atoms with E-state index >= 15 is 0 Å². The number of nitrogens with zero attached hydrogens (tertiary/aromatic N) is 1.